The van der Waals surface area contributed by atoms with Gasteiger partial charge in [-0.05, 0) is 25.7 Å². The Labute approximate surface area is 105 Å². The smallest absolute Gasteiger partial charge is 0.224 e. The molecule has 0 aliphatic rings. The van der Waals surface area contributed by atoms with Crippen LogP contribution in [0, 0.1) is 5.41 Å². The molecule has 0 aromatic carbocycles. The Balaban J connectivity index is 4.36. The van der Waals surface area contributed by atoms with Gasteiger partial charge in [-0.15, -0.1) is 0 Å². The van der Waals surface area contributed by atoms with Crippen LogP contribution >= 0.6 is 0 Å². The van der Waals surface area contributed by atoms with Gasteiger partial charge in [0.1, 0.15) is 0 Å². The molecule has 0 rings (SSSR count). The molecule has 102 valence electrons. The Morgan fingerprint density at radius 3 is 2.12 bits per heavy atom. The molecule has 1 amide bonds. The van der Waals surface area contributed by atoms with Crippen LogP contribution in [-0.2, 0) is 4.79 Å². The van der Waals surface area contributed by atoms with Gasteiger partial charge in [-0.1, -0.05) is 20.8 Å². The topological polar surface area (TPSA) is 66.6 Å². The highest BCUT2D eigenvalue weighted by molar-refractivity contribution is 5.77. The van der Waals surface area contributed by atoms with Crippen molar-refractivity contribution in [2.45, 2.75) is 59.0 Å². The van der Waals surface area contributed by atoms with E-state index in [1.165, 1.54) is 0 Å². The summed E-state index contributed by atoms with van der Waals surface area (Å²) >= 11 is 0. The molecule has 0 aromatic heterocycles. The lowest BCUT2D eigenvalue weighted by Crippen LogP contribution is -2.49. The van der Waals surface area contributed by atoms with Crippen molar-refractivity contribution in [1.82, 2.24) is 4.90 Å². The van der Waals surface area contributed by atoms with Crippen LogP contribution in [0.4, 0.5) is 0 Å². The van der Waals surface area contributed by atoms with E-state index in [-0.39, 0.29) is 24.0 Å². The number of carbonyl (C=O) groups is 1. The first kappa shape index (κ1) is 16.4. The molecule has 1 unspecified atom stereocenters. The number of rotatable bonds is 5. The van der Waals surface area contributed by atoms with Gasteiger partial charge < -0.3 is 15.7 Å². The fourth-order valence-corrected chi connectivity index (χ4v) is 1.66. The molecule has 0 aromatic rings. The van der Waals surface area contributed by atoms with Gasteiger partial charge in [0.05, 0.1) is 12.1 Å². The third-order valence-corrected chi connectivity index (χ3v) is 2.98. The number of likely N-dealkylation sites (N-methyl/N-ethyl adjacent to an activating group) is 1. The van der Waals surface area contributed by atoms with E-state index >= 15 is 0 Å². The monoisotopic (exact) mass is 244 g/mol. The quantitative estimate of drug-likeness (QED) is 0.767. The first-order valence-corrected chi connectivity index (χ1v) is 6.13. The largest absolute Gasteiger partial charge is 0.394 e. The van der Waals surface area contributed by atoms with Crippen molar-refractivity contribution in [3.8, 4) is 0 Å². The van der Waals surface area contributed by atoms with Crippen molar-refractivity contribution in [2.75, 3.05) is 13.7 Å². The summed E-state index contributed by atoms with van der Waals surface area (Å²) in [4.78, 5) is 13.6. The van der Waals surface area contributed by atoms with Crippen LogP contribution in [0.5, 0.6) is 0 Å². The van der Waals surface area contributed by atoms with E-state index in [1.54, 1.807) is 11.9 Å². The number of hydrogen-bond donors (Lipinski definition) is 2. The summed E-state index contributed by atoms with van der Waals surface area (Å²) in [5.41, 5.74) is 5.57. The van der Waals surface area contributed by atoms with Gasteiger partial charge in [0.25, 0.3) is 0 Å². The molecule has 0 bridgehead atoms. The number of carbonyl (C=O) groups excluding carboxylic acids is 1. The lowest BCUT2D eigenvalue weighted by atomic mass is 9.87. The third-order valence-electron chi connectivity index (χ3n) is 2.98. The lowest BCUT2D eigenvalue weighted by molar-refractivity contribution is -0.136. The van der Waals surface area contributed by atoms with Gasteiger partial charge in [-0.2, -0.15) is 0 Å². The van der Waals surface area contributed by atoms with Crippen LogP contribution in [0.3, 0.4) is 0 Å². The van der Waals surface area contributed by atoms with Gasteiger partial charge in [-0.3, -0.25) is 4.79 Å². The molecule has 17 heavy (non-hydrogen) atoms. The molecular weight excluding hydrogens is 216 g/mol. The molecule has 0 saturated carbocycles. The average Bonchev–Trinajstić information content (AvgIpc) is 2.13. The highest BCUT2D eigenvalue weighted by atomic mass is 16.3. The average molecular weight is 244 g/mol. The summed E-state index contributed by atoms with van der Waals surface area (Å²) in [7, 11) is 1.71. The third kappa shape index (κ3) is 6.03. The molecule has 0 aliphatic carbocycles. The maximum atomic E-state index is 12.0. The summed E-state index contributed by atoms with van der Waals surface area (Å²) in [6.45, 7) is 9.94. The molecule has 0 heterocycles. The van der Waals surface area contributed by atoms with E-state index in [2.05, 4.69) is 20.8 Å². The zero-order valence-corrected chi connectivity index (χ0v) is 12.1. The molecule has 3 N–H and O–H groups in total. The molecule has 0 fully saturated rings. The van der Waals surface area contributed by atoms with Crippen molar-refractivity contribution in [3.05, 3.63) is 0 Å². The first-order valence-electron chi connectivity index (χ1n) is 6.13. The van der Waals surface area contributed by atoms with Crippen LogP contribution in [0.1, 0.15) is 47.5 Å². The minimum absolute atomic E-state index is 0.0131. The minimum atomic E-state index is -0.529. The Kier molecular flexibility index (Phi) is 5.62. The normalized spacial score (nSPS) is 14.6. The summed E-state index contributed by atoms with van der Waals surface area (Å²) < 4.78 is 0. The highest BCUT2D eigenvalue weighted by Gasteiger charge is 2.28. The molecule has 0 spiro atoms. The van der Waals surface area contributed by atoms with Gasteiger partial charge in [-0.25, -0.2) is 0 Å². The van der Waals surface area contributed by atoms with Crippen molar-refractivity contribution < 1.29 is 9.90 Å². The molecule has 0 radical (unpaired) electrons. The zero-order valence-electron chi connectivity index (χ0n) is 12.1. The molecule has 1 atom stereocenters. The van der Waals surface area contributed by atoms with Gasteiger partial charge in [0.2, 0.25) is 5.91 Å². The summed E-state index contributed by atoms with van der Waals surface area (Å²) in [6.07, 6.45) is 1.14. The molecule has 4 nitrogen and oxygen atoms in total. The van der Waals surface area contributed by atoms with Crippen molar-refractivity contribution in [1.29, 1.82) is 0 Å². The highest BCUT2D eigenvalue weighted by Crippen LogP contribution is 2.22. The second-order valence-electron chi connectivity index (χ2n) is 6.65. The number of nitrogens with two attached hydrogens (primary N) is 1. The fraction of sp³-hybridized carbons (Fsp3) is 0.923. The molecule has 4 heteroatoms. The van der Waals surface area contributed by atoms with Crippen LogP contribution in [0.25, 0.3) is 0 Å². The lowest BCUT2D eigenvalue weighted by Gasteiger charge is -2.35. The van der Waals surface area contributed by atoms with Gasteiger partial charge >= 0.3 is 0 Å². The number of aliphatic hydroxyl groups excluding tert-OH is 1. The number of hydrogen-bond acceptors (Lipinski definition) is 3. The van der Waals surface area contributed by atoms with Gasteiger partial charge in [0.15, 0.2) is 0 Å². The Bertz CT molecular complexity index is 257. The van der Waals surface area contributed by atoms with Crippen molar-refractivity contribution in [3.63, 3.8) is 0 Å². The Morgan fingerprint density at radius 2 is 1.76 bits per heavy atom. The second kappa shape index (κ2) is 5.83. The van der Waals surface area contributed by atoms with E-state index in [0.29, 0.717) is 6.42 Å². The molecule has 0 aliphatic heterocycles. The molecular formula is C13H28N2O2. The van der Waals surface area contributed by atoms with Crippen molar-refractivity contribution >= 4 is 5.91 Å². The van der Waals surface area contributed by atoms with Crippen LogP contribution < -0.4 is 5.73 Å². The standard InChI is InChI=1S/C13H28N2O2/c1-12(2,3)8-10(14)7-11(17)15(6)13(4,5)9-16/h10,16H,7-9,14H2,1-6H3. The minimum Gasteiger partial charge on any atom is -0.394 e. The maximum absolute atomic E-state index is 12.0. The van der Waals surface area contributed by atoms with Crippen molar-refractivity contribution in [2.24, 2.45) is 11.1 Å². The van der Waals surface area contributed by atoms with Gasteiger partial charge in [0, 0.05) is 19.5 Å². The summed E-state index contributed by atoms with van der Waals surface area (Å²) in [6, 6.07) is -0.126. The number of amides is 1. The van der Waals surface area contributed by atoms with Crippen LogP contribution in [-0.4, -0.2) is 41.1 Å². The summed E-state index contributed by atoms with van der Waals surface area (Å²) in [5.74, 6) is -0.0131. The number of aliphatic hydroxyl groups is 1. The number of nitrogens with zero attached hydrogens (tertiary/aromatic N) is 1. The van der Waals surface area contributed by atoms with E-state index < -0.39 is 5.54 Å². The van der Waals surface area contributed by atoms with Crippen LogP contribution in [0.2, 0.25) is 0 Å². The maximum Gasteiger partial charge on any atom is 0.224 e. The molecule has 0 saturated heterocycles. The van der Waals surface area contributed by atoms with E-state index in [4.69, 9.17) is 5.73 Å². The van der Waals surface area contributed by atoms with Crippen LogP contribution in [0.15, 0.2) is 0 Å². The zero-order chi connectivity index (χ0) is 13.9. The van der Waals surface area contributed by atoms with E-state index in [9.17, 15) is 9.90 Å². The second-order valence-corrected chi connectivity index (χ2v) is 6.65. The Morgan fingerprint density at radius 1 is 1.29 bits per heavy atom. The van der Waals surface area contributed by atoms with E-state index in [1.807, 2.05) is 13.8 Å². The Hall–Kier alpha value is -0.610. The SMILES string of the molecule is CN(C(=O)CC(N)CC(C)(C)C)C(C)(C)CO. The predicted molar refractivity (Wildman–Crippen MR) is 70.6 cm³/mol. The summed E-state index contributed by atoms with van der Waals surface area (Å²) in [5, 5.41) is 9.21. The van der Waals surface area contributed by atoms with E-state index in [0.717, 1.165) is 6.42 Å². The first-order chi connectivity index (χ1) is 7.49. The fourth-order valence-electron chi connectivity index (χ4n) is 1.66. The predicted octanol–water partition coefficient (Wildman–Crippen LogP) is 1.37.